The lowest BCUT2D eigenvalue weighted by Gasteiger charge is -2.17. The summed E-state index contributed by atoms with van der Waals surface area (Å²) in [6, 6.07) is 28.0. The van der Waals surface area contributed by atoms with E-state index in [1.165, 1.54) is 11.1 Å². The van der Waals surface area contributed by atoms with Crippen molar-refractivity contribution in [1.29, 1.82) is 0 Å². The highest BCUT2D eigenvalue weighted by molar-refractivity contribution is 9.10. The van der Waals surface area contributed by atoms with E-state index in [4.69, 9.17) is 9.73 Å². The van der Waals surface area contributed by atoms with Gasteiger partial charge in [-0.2, -0.15) is 0 Å². The highest BCUT2D eigenvalue weighted by Crippen LogP contribution is 2.56. The van der Waals surface area contributed by atoms with Gasteiger partial charge in [0.1, 0.15) is 11.9 Å². The van der Waals surface area contributed by atoms with Gasteiger partial charge in [-0.1, -0.05) is 76.6 Å². The van der Waals surface area contributed by atoms with E-state index in [1.807, 2.05) is 12.1 Å². The van der Waals surface area contributed by atoms with Crippen LogP contribution in [-0.4, -0.2) is 23.8 Å². The molecular weight excluding hydrogens is 400 g/mol. The van der Waals surface area contributed by atoms with Crippen LogP contribution in [0.2, 0.25) is 0 Å². The van der Waals surface area contributed by atoms with Crippen LogP contribution in [0.3, 0.4) is 0 Å². The quantitative estimate of drug-likeness (QED) is 0.530. The summed E-state index contributed by atoms with van der Waals surface area (Å²) < 4.78 is 6.70. The topological polar surface area (TPSA) is 24.6 Å². The predicted octanol–water partition coefficient (Wildman–Crippen LogP) is 5.38. The molecule has 3 aromatic carbocycles. The molecule has 3 aromatic rings. The van der Waals surface area contributed by atoms with Gasteiger partial charge in [0.2, 0.25) is 0 Å². The highest BCUT2D eigenvalue weighted by Gasteiger charge is 2.59. The highest BCUT2D eigenvalue weighted by atomic mass is 79.9. The van der Waals surface area contributed by atoms with Crippen molar-refractivity contribution < 1.29 is 4.74 Å². The van der Waals surface area contributed by atoms with Crippen LogP contribution in [0.5, 0.6) is 5.75 Å². The third-order valence-electron chi connectivity index (χ3n) is 5.37. The smallest absolute Gasteiger partial charge is 0.133 e. The van der Waals surface area contributed by atoms with Crippen LogP contribution in [0.15, 0.2) is 88.3 Å². The number of methoxy groups -OCH3 is 1. The number of aliphatic imine (C=N–C) groups is 1. The van der Waals surface area contributed by atoms with Crippen LogP contribution in [0.4, 0.5) is 0 Å². The van der Waals surface area contributed by atoms with Gasteiger partial charge in [0.25, 0.3) is 0 Å². The first-order chi connectivity index (χ1) is 13.3. The lowest BCUT2D eigenvalue weighted by atomic mass is 10.0. The Hall–Kier alpha value is -2.43. The van der Waals surface area contributed by atoms with Gasteiger partial charge in [-0.25, -0.2) is 0 Å². The van der Waals surface area contributed by atoms with Gasteiger partial charge in [0, 0.05) is 10.0 Å². The molecule has 0 N–H and O–H groups in total. The predicted molar refractivity (Wildman–Crippen MR) is 111 cm³/mol. The molecule has 0 radical (unpaired) electrons. The van der Waals surface area contributed by atoms with Crippen LogP contribution < -0.4 is 4.74 Å². The lowest BCUT2D eigenvalue weighted by Crippen LogP contribution is -2.08. The largest absolute Gasteiger partial charge is 0.496 e. The Morgan fingerprint density at radius 1 is 0.852 bits per heavy atom. The maximum atomic E-state index is 5.62. The van der Waals surface area contributed by atoms with E-state index in [-0.39, 0.29) is 6.17 Å². The molecular formula is C23H19BrN2O. The van der Waals surface area contributed by atoms with E-state index in [0.717, 1.165) is 21.5 Å². The molecule has 2 aliphatic rings. The minimum Gasteiger partial charge on any atom is -0.496 e. The number of hydrogen-bond donors (Lipinski definition) is 0. The van der Waals surface area contributed by atoms with Crippen molar-refractivity contribution in [3.63, 3.8) is 0 Å². The molecule has 134 valence electrons. The molecule has 0 saturated carbocycles. The summed E-state index contributed by atoms with van der Waals surface area (Å²) >= 11 is 3.53. The molecule has 2 heterocycles. The number of para-hydroxylation sites is 1. The molecule has 0 bridgehead atoms. The number of fused-ring (bicyclic) bond motifs is 1. The zero-order valence-corrected chi connectivity index (χ0v) is 16.5. The second-order valence-corrected chi connectivity index (χ2v) is 7.80. The summed E-state index contributed by atoms with van der Waals surface area (Å²) in [5, 5.41) is 0. The van der Waals surface area contributed by atoms with E-state index in [0.29, 0.717) is 12.1 Å². The van der Waals surface area contributed by atoms with Gasteiger partial charge in [0.15, 0.2) is 0 Å². The monoisotopic (exact) mass is 418 g/mol. The Labute approximate surface area is 167 Å². The average molecular weight is 419 g/mol. The number of hydrogen-bond acceptors (Lipinski definition) is 3. The first-order valence-electron chi connectivity index (χ1n) is 9.07. The maximum absolute atomic E-state index is 5.62. The summed E-state index contributed by atoms with van der Waals surface area (Å²) in [7, 11) is 1.72. The van der Waals surface area contributed by atoms with Gasteiger partial charge in [-0.3, -0.25) is 9.89 Å². The second kappa shape index (κ2) is 6.63. The van der Waals surface area contributed by atoms with Crippen molar-refractivity contribution >= 4 is 21.6 Å². The Morgan fingerprint density at radius 3 is 2.30 bits per heavy atom. The van der Waals surface area contributed by atoms with Gasteiger partial charge in [-0.05, 0) is 29.3 Å². The van der Waals surface area contributed by atoms with Crippen LogP contribution >= 0.6 is 15.9 Å². The van der Waals surface area contributed by atoms with Gasteiger partial charge in [0.05, 0.1) is 24.9 Å². The number of halogens is 1. The molecule has 27 heavy (non-hydrogen) atoms. The van der Waals surface area contributed by atoms with E-state index in [9.17, 15) is 0 Å². The molecule has 0 spiro atoms. The molecule has 2 aliphatic heterocycles. The summed E-state index contributed by atoms with van der Waals surface area (Å²) in [5.74, 6) is 0.890. The Balaban J connectivity index is 1.59. The number of benzene rings is 3. The first kappa shape index (κ1) is 16.7. The molecule has 1 unspecified atom stereocenters. The van der Waals surface area contributed by atoms with Crippen LogP contribution in [0.25, 0.3) is 0 Å². The molecule has 0 aliphatic carbocycles. The number of ether oxygens (including phenoxy) is 1. The fraction of sp³-hybridized carbons (Fsp3) is 0.174. The van der Waals surface area contributed by atoms with E-state index < -0.39 is 0 Å². The summed E-state index contributed by atoms with van der Waals surface area (Å²) in [5.41, 5.74) is 4.80. The molecule has 1 fully saturated rings. The van der Waals surface area contributed by atoms with Gasteiger partial charge >= 0.3 is 0 Å². The van der Waals surface area contributed by atoms with E-state index >= 15 is 0 Å². The van der Waals surface area contributed by atoms with Gasteiger partial charge in [-0.15, -0.1) is 0 Å². The van der Waals surface area contributed by atoms with E-state index in [1.54, 1.807) is 7.11 Å². The van der Waals surface area contributed by atoms with Crippen molar-refractivity contribution in [3.05, 3.63) is 100 Å². The third kappa shape index (κ3) is 2.80. The minimum absolute atomic E-state index is 0.0185. The van der Waals surface area contributed by atoms with E-state index in [2.05, 4.69) is 87.6 Å². The molecule has 4 heteroatoms. The van der Waals surface area contributed by atoms with Crippen molar-refractivity contribution in [2.75, 3.05) is 7.11 Å². The fourth-order valence-electron chi connectivity index (χ4n) is 4.10. The fourth-order valence-corrected chi connectivity index (χ4v) is 4.36. The normalized spacial score (nSPS) is 25.6. The van der Waals surface area contributed by atoms with Crippen LogP contribution in [0, 0.1) is 0 Å². The van der Waals surface area contributed by atoms with Crippen molar-refractivity contribution in [1.82, 2.24) is 4.90 Å². The zero-order chi connectivity index (χ0) is 18.4. The third-order valence-corrected chi connectivity index (χ3v) is 5.90. The van der Waals surface area contributed by atoms with Crippen LogP contribution in [-0.2, 0) is 0 Å². The minimum atomic E-state index is -0.0185. The lowest BCUT2D eigenvalue weighted by molar-refractivity contribution is 0.366. The van der Waals surface area contributed by atoms with Crippen LogP contribution in [0.1, 0.15) is 28.9 Å². The van der Waals surface area contributed by atoms with Crippen molar-refractivity contribution in [2.45, 2.75) is 18.2 Å². The second-order valence-electron chi connectivity index (χ2n) is 6.88. The molecule has 4 atom stereocenters. The summed E-state index contributed by atoms with van der Waals surface area (Å²) in [4.78, 5) is 7.60. The van der Waals surface area contributed by atoms with Gasteiger partial charge < -0.3 is 4.74 Å². The molecule has 0 amide bonds. The average Bonchev–Trinajstić information content (AvgIpc) is 3.34. The summed E-state index contributed by atoms with van der Waals surface area (Å²) in [6.45, 7) is 0. The first-order valence-corrected chi connectivity index (χ1v) is 9.86. The summed E-state index contributed by atoms with van der Waals surface area (Å²) in [6.07, 6.45) is -0.0185. The van der Waals surface area contributed by atoms with Crippen molar-refractivity contribution in [3.8, 4) is 5.75 Å². The standard InChI is InChI=1S/C23H19BrN2O/c1-27-19-10-6-5-9-18(19)23-25-20(15-11-13-17(24)14-12-15)22-21(26(22)23)16-7-3-2-4-8-16/h2-14,21-23H,1H3/t21-,22+,23+,26?/m0/s1. The Bertz CT molecular complexity index is 1000. The SMILES string of the molecule is COc1ccccc1[C@@H]1N=C(c2ccc(Br)cc2)[C@@H]2[C@H](c3ccccc3)N21. The molecule has 5 rings (SSSR count). The Kier molecular flexibility index (Phi) is 4.10. The van der Waals surface area contributed by atoms with Crippen molar-refractivity contribution in [2.24, 2.45) is 4.99 Å². The Morgan fingerprint density at radius 2 is 1.56 bits per heavy atom. The number of nitrogens with zero attached hydrogens (tertiary/aromatic N) is 2. The maximum Gasteiger partial charge on any atom is 0.133 e. The molecule has 0 aromatic heterocycles. The molecule has 1 saturated heterocycles. The number of rotatable bonds is 4. The molecule has 3 nitrogen and oxygen atoms in total. The zero-order valence-electron chi connectivity index (χ0n) is 14.9.